The van der Waals surface area contributed by atoms with Gasteiger partial charge in [-0.1, -0.05) is 30.3 Å². The molecule has 2 aromatic rings. The fourth-order valence-electron chi connectivity index (χ4n) is 3.98. The van der Waals surface area contributed by atoms with E-state index in [0.717, 1.165) is 24.2 Å². The van der Waals surface area contributed by atoms with Gasteiger partial charge in [0.2, 0.25) is 0 Å². The highest BCUT2D eigenvalue weighted by Gasteiger charge is 2.40. The van der Waals surface area contributed by atoms with E-state index in [1.165, 1.54) is 0 Å². The van der Waals surface area contributed by atoms with Crippen LogP contribution in [0.5, 0.6) is 5.75 Å². The molecule has 3 rings (SSSR count). The van der Waals surface area contributed by atoms with Crippen molar-refractivity contribution in [2.45, 2.75) is 19.4 Å². The van der Waals surface area contributed by atoms with E-state index < -0.39 is 5.60 Å². The number of rotatable bonds is 7. The second-order valence-corrected chi connectivity index (χ2v) is 7.30. The number of morpholine rings is 1. The summed E-state index contributed by atoms with van der Waals surface area (Å²) in [4.78, 5) is 16.8. The van der Waals surface area contributed by atoms with Crippen molar-refractivity contribution in [3.05, 3.63) is 77.9 Å². The van der Waals surface area contributed by atoms with Crippen LogP contribution >= 0.6 is 0 Å². The van der Waals surface area contributed by atoms with Gasteiger partial charge in [0, 0.05) is 38.3 Å². The monoisotopic (exact) mass is 394 g/mol. The summed E-state index contributed by atoms with van der Waals surface area (Å²) in [6.45, 7) is 12.0. The number of carbonyl (C=O) groups is 1. The summed E-state index contributed by atoms with van der Waals surface area (Å²) in [5.41, 5.74) is 1.82. The SMILES string of the molecule is C=CCN1CCOC(c2ccc(C(=O)N(CC)CC)cc2)(c2cccc(O)c2)C1. The van der Waals surface area contributed by atoms with Gasteiger partial charge in [-0.2, -0.15) is 0 Å². The van der Waals surface area contributed by atoms with Gasteiger partial charge in [0.25, 0.3) is 5.91 Å². The number of carbonyl (C=O) groups excluding carboxylic acids is 1. The summed E-state index contributed by atoms with van der Waals surface area (Å²) >= 11 is 0. The largest absolute Gasteiger partial charge is 0.508 e. The van der Waals surface area contributed by atoms with Crippen molar-refractivity contribution in [2.75, 3.05) is 39.3 Å². The molecule has 1 aliphatic heterocycles. The Balaban J connectivity index is 2.01. The second kappa shape index (κ2) is 9.25. The van der Waals surface area contributed by atoms with Gasteiger partial charge < -0.3 is 14.7 Å². The second-order valence-electron chi connectivity index (χ2n) is 7.30. The first-order valence-electron chi connectivity index (χ1n) is 10.2. The molecule has 5 nitrogen and oxygen atoms in total. The molecule has 0 aromatic heterocycles. The maximum absolute atomic E-state index is 12.7. The van der Waals surface area contributed by atoms with Crippen LogP contribution in [0, 0.1) is 0 Å². The lowest BCUT2D eigenvalue weighted by molar-refractivity contribution is -0.0854. The molecule has 1 aliphatic rings. The zero-order valence-electron chi connectivity index (χ0n) is 17.3. The Kier molecular flexibility index (Phi) is 6.72. The van der Waals surface area contributed by atoms with Crippen LogP contribution in [0.25, 0.3) is 0 Å². The lowest BCUT2D eigenvalue weighted by Gasteiger charge is -2.43. The zero-order valence-corrected chi connectivity index (χ0v) is 17.3. The molecule has 1 atom stereocenters. The third-order valence-electron chi connectivity index (χ3n) is 5.55. The minimum Gasteiger partial charge on any atom is -0.508 e. The lowest BCUT2D eigenvalue weighted by Crippen LogP contribution is -2.50. The predicted molar refractivity (Wildman–Crippen MR) is 115 cm³/mol. The molecule has 29 heavy (non-hydrogen) atoms. The molecule has 2 aromatic carbocycles. The van der Waals surface area contributed by atoms with Crippen molar-refractivity contribution in [1.82, 2.24) is 9.80 Å². The lowest BCUT2D eigenvalue weighted by atomic mass is 9.84. The van der Waals surface area contributed by atoms with Crippen molar-refractivity contribution in [3.63, 3.8) is 0 Å². The summed E-state index contributed by atoms with van der Waals surface area (Å²) in [5, 5.41) is 10.1. The van der Waals surface area contributed by atoms with E-state index in [1.807, 2.05) is 61.2 Å². The maximum atomic E-state index is 12.7. The molecule has 1 amide bonds. The van der Waals surface area contributed by atoms with Crippen molar-refractivity contribution in [2.24, 2.45) is 0 Å². The van der Waals surface area contributed by atoms with Gasteiger partial charge in [0.15, 0.2) is 0 Å². The van der Waals surface area contributed by atoms with E-state index in [4.69, 9.17) is 4.74 Å². The summed E-state index contributed by atoms with van der Waals surface area (Å²) in [6.07, 6.45) is 1.89. The van der Waals surface area contributed by atoms with Gasteiger partial charge in [0.05, 0.1) is 6.61 Å². The molecule has 1 N–H and O–H groups in total. The summed E-state index contributed by atoms with van der Waals surface area (Å²) in [7, 11) is 0. The predicted octanol–water partition coefficient (Wildman–Crippen LogP) is 3.64. The highest BCUT2D eigenvalue weighted by Crippen LogP contribution is 2.38. The molecule has 5 heteroatoms. The average molecular weight is 395 g/mol. The first-order valence-corrected chi connectivity index (χ1v) is 10.2. The van der Waals surface area contributed by atoms with Gasteiger partial charge in [-0.05, 0) is 49.2 Å². The molecule has 154 valence electrons. The minimum atomic E-state index is -0.712. The van der Waals surface area contributed by atoms with Crippen molar-refractivity contribution in [1.29, 1.82) is 0 Å². The van der Waals surface area contributed by atoms with Crippen LogP contribution in [0.4, 0.5) is 0 Å². The first kappa shape index (κ1) is 21.1. The highest BCUT2D eigenvalue weighted by atomic mass is 16.5. The number of aromatic hydroxyl groups is 1. The fourth-order valence-corrected chi connectivity index (χ4v) is 3.98. The molecule has 1 unspecified atom stereocenters. The van der Waals surface area contributed by atoms with Gasteiger partial charge in [0.1, 0.15) is 11.4 Å². The number of ether oxygens (including phenoxy) is 1. The van der Waals surface area contributed by atoms with Gasteiger partial charge >= 0.3 is 0 Å². The van der Waals surface area contributed by atoms with Gasteiger partial charge in [-0.25, -0.2) is 0 Å². The number of hydrogen-bond acceptors (Lipinski definition) is 4. The molecule has 1 fully saturated rings. The molecule has 0 saturated carbocycles. The quantitative estimate of drug-likeness (QED) is 0.729. The zero-order chi connectivity index (χ0) is 20.9. The van der Waals surface area contributed by atoms with Crippen LogP contribution in [0.1, 0.15) is 35.3 Å². The van der Waals surface area contributed by atoms with Gasteiger partial charge in [-0.15, -0.1) is 6.58 Å². The fraction of sp³-hybridized carbons (Fsp3) is 0.375. The van der Waals surface area contributed by atoms with Crippen LogP contribution in [-0.2, 0) is 10.3 Å². The van der Waals surface area contributed by atoms with E-state index in [0.29, 0.717) is 31.8 Å². The molecular formula is C24H30N2O3. The minimum absolute atomic E-state index is 0.0331. The molecule has 0 spiro atoms. The van der Waals surface area contributed by atoms with E-state index in [-0.39, 0.29) is 11.7 Å². The molecule has 1 saturated heterocycles. The first-order chi connectivity index (χ1) is 14.0. The Morgan fingerprint density at radius 1 is 1.21 bits per heavy atom. The van der Waals surface area contributed by atoms with Crippen molar-refractivity contribution >= 4 is 5.91 Å². The Labute approximate surface area is 173 Å². The Morgan fingerprint density at radius 3 is 2.55 bits per heavy atom. The van der Waals surface area contributed by atoms with Crippen LogP contribution in [0.2, 0.25) is 0 Å². The average Bonchev–Trinajstić information content (AvgIpc) is 2.75. The number of hydrogen-bond donors (Lipinski definition) is 1. The Morgan fingerprint density at radius 2 is 1.93 bits per heavy atom. The molecule has 0 aliphatic carbocycles. The number of phenols is 1. The van der Waals surface area contributed by atoms with Crippen LogP contribution in [0.3, 0.4) is 0 Å². The Bertz CT molecular complexity index is 845. The highest BCUT2D eigenvalue weighted by molar-refractivity contribution is 5.94. The van der Waals surface area contributed by atoms with Gasteiger partial charge in [-0.3, -0.25) is 9.69 Å². The van der Waals surface area contributed by atoms with Crippen LogP contribution in [0.15, 0.2) is 61.2 Å². The molecular weight excluding hydrogens is 364 g/mol. The maximum Gasteiger partial charge on any atom is 0.253 e. The number of nitrogens with zero attached hydrogens (tertiary/aromatic N) is 2. The molecule has 0 bridgehead atoms. The summed E-state index contributed by atoms with van der Waals surface area (Å²) in [6, 6.07) is 14.9. The number of amides is 1. The summed E-state index contributed by atoms with van der Waals surface area (Å²) in [5.74, 6) is 0.241. The third kappa shape index (κ3) is 4.36. The number of benzene rings is 2. The van der Waals surface area contributed by atoms with Crippen molar-refractivity contribution in [3.8, 4) is 5.75 Å². The van der Waals surface area contributed by atoms with Crippen LogP contribution < -0.4 is 0 Å². The topological polar surface area (TPSA) is 53.0 Å². The molecule has 0 radical (unpaired) electrons. The molecule has 1 heterocycles. The van der Waals surface area contributed by atoms with E-state index in [2.05, 4.69) is 11.5 Å². The standard InChI is InChI=1S/C24H30N2O3/c1-4-14-25-15-16-29-24(18-25,21-8-7-9-22(27)17-21)20-12-10-19(11-13-20)23(28)26(5-2)6-3/h4,7-13,17,27H,1,5-6,14-16,18H2,2-3H3. The van der Waals surface area contributed by atoms with E-state index >= 15 is 0 Å². The van der Waals surface area contributed by atoms with E-state index in [1.54, 1.807) is 12.1 Å². The normalized spacial score (nSPS) is 19.7. The van der Waals surface area contributed by atoms with Crippen LogP contribution in [-0.4, -0.2) is 60.1 Å². The third-order valence-corrected chi connectivity index (χ3v) is 5.55. The summed E-state index contributed by atoms with van der Waals surface area (Å²) < 4.78 is 6.38. The Hall–Kier alpha value is -2.63. The van der Waals surface area contributed by atoms with E-state index in [9.17, 15) is 9.90 Å². The van der Waals surface area contributed by atoms with Crippen molar-refractivity contribution < 1.29 is 14.6 Å². The number of phenolic OH excluding ortho intramolecular Hbond substituents is 1. The smallest absolute Gasteiger partial charge is 0.253 e.